The van der Waals surface area contributed by atoms with E-state index in [1.165, 1.54) is 6.20 Å². The van der Waals surface area contributed by atoms with Crippen LogP contribution in [0.25, 0.3) is 0 Å². The first-order valence-corrected chi connectivity index (χ1v) is 6.01. The normalized spacial score (nSPS) is 13.2. The minimum Gasteiger partial charge on any atom is -0.384 e. The Kier molecular flexibility index (Phi) is 3.21. The third kappa shape index (κ3) is 2.07. The van der Waals surface area contributed by atoms with Crippen molar-refractivity contribution in [3.63, 3.8) is 0 Å². The fraction of sp³-hybridized carbons (Fsp3) is 0.400. The number of aliphatic hydroxyl groups excluding tert-OH is 1. The standard InChI is InChI=1S/C10H14BrN5O/c1-5(2)16-8(7(11)4-14-16)9(17)6-3-13-15-10(6)12/h3-5,9,17H,1-2H3,(H3,12,13,15). The van der Waals surface area contributed by atoms with Crippen LogP contribution in [0.3, 0.4) is 0 Å². The maximum atomic E-state index is 10.3. The summed E-state index contributed by atoms with van der Waals surface area (Å²) in [6.07, 6.45) is 2.33. The van der Waals surface area contributed by atoms with Gasteiger partial charge in [-0.25, -0.2) is 0 Å². The Morgan fingerprint density at radius 2 is 2.18 bits per heavy atom. The molecule has 2 rings (SSSR count). The predicted octanol–water partition coefficient (Wildman–Crippen LogP) is 1.61. The van der Waals surface area contributed by atoms with Gasteiger partial charge in [0.05, 0.1) is 22.6 Å². The molecule has 0 fully saturated rings. The number of rotatable bonds is 3. The minimum atomic E-state index is -0.854. The van der Waals surface area contributed by atoms with Gasteiger partial charge in [-0.1, -0.05) is 0 Å². The van der Waals surface area contributed by atoms with Crippen LogP contribution in [0, 0.1) is 0 Å². The first-order valence-electron chi connectivity index (χ1n) is 5.22. The summed E-state index contributed by atoms with van der Waals surface area (Å²) in [5, 5.41) is 20.9. The van der Waals surface area contributed by atoms with E-state index in [4.69, 9.17) is 5.73 Å². The van der Waals surface area contributed by atoms with Crippen LogP contribution in [0.4, 0.5) is 5.82 Å². The molecule has 7 heteroatoms. The second kappa shape index (κ2) is 4.50. The van der Waals surface area contributed by atoms with Crippen molar-refractivity contribution in [3.05, 3.63) is 28.1 Å². The molecule has 0 saturated carbocycles. The Labute approximate surface area is 107 Å². The highest BCUT2D eigenvalue weighted by molar-refractivity contribution is 9.10. The largest absolute Gasteiger partial charge is 0.384 e. The quantitative estimate of drug-likeness (QED) is 0.803. The molecule has 17 heavy (non-hydrogen) atoms. The van der Waals surface area contributed by atoms with E-state index in [1.54, 1.807) is 10.9 Å². The van der Waals surface area contributed by atoms with Crippen LogP contribution in [0.2, 0.25) is 0 Å². The second-order valence-corrected chi connectivity index (χ2v) is 4.91. The molecule has 2 aromatic rings. The number of nitrogen functional groups attached to an aromatic ring is 1. The molecule has 1 atom stereocenters. The SMILES string of the molecule is CC(C)n1ncc(Br)c1C(O)c1cn[nH]c1N. The zero-order valence-corrected chi connectivity index (χ0v) is 11.1. The number of nitrogens with zero attached hydrogens (tertiary/aromatic N) is 3. The molecule has 4 N–H and O–H groups in total. The summed E-state index contributed by atoms with van der Waals surface area (Å²) in [4.78, 5) is 0. The Hall–Kier alpha value is -1.34. The number of aliphatic hydroxyl groups is 1. The van der Waals surface area contributed by atoms with Crippen molar-refractivity contribution < 1.29 is 5.11 Å². The molecule has 2 aromatic heterocycles. The number of H-pyrrole nitrogens is 1. The lowest BCUT2D eigenvalue weighted by atomic mass is 10.1. The molecule has 0 bridgehead atoms. The lowest BCUT2D eigenvalue weighted by Crippen LogP contribution is -2.13. The van der Waals surface area contributed by atoms with E-state index in [0.717, 1.165) is 4.47 Å². The number of hydrogen-bond donors (Lipinski definition) is 3. The van der Waals surface area contributed by atoms with Crippen molar-refractivity contribution in [1.82, 2.24) is 20.0 Å². The van der Waals surface area contributed by atoms with Gasteiger partial charge in [-0.2, -0.15) is 10.2 Å². The van der Waals surface area contributed by atoms with Gasteiger partial charge in [-0.3, -0.25) is 9.78 Å². The molecular formula is C10H14BrN5O. The Morgan fingerprint density at radius 1 is 1.47 bits per heavy atom. The van der Waals surface area contributed by atoms with E-state index in [2.05, 4.69) is 31.2 Å². The van der Waals surface area contributed by atoms with Gasteiger partial charge in [0.2, 0.25) is 0 Å². The average Bonchev–Trinajstić information content (AvgIpc) is 2.83. The van der Waals surface area contributed by atoms with E-state index in [9.17, 15) is 5.11 Å². The fourth-order valence-corrected chi connectivity index (χ4v) is 2.18. The lowest BCUT2D eigenvalue weighted by molar-refractivity contribution is 0.205. The van der Waals surface area contributed by atoms with Crippen LogP contribution < -0.4 is 5.73 Å². The lowest BCUT2D eigenvalue weighted by Gasteiger charge is -2.16. The van der Waals surface area contributed by atoms with E-state index in [-0.39, 0.29) is 6.04 Å². The Bertz CT molecular complexity index is 518. The van der Waals surface area contributed by atoms with E-state index in [0.29, 0.717) is 17.1 Å². The van der Waals surface area contributed by atoms with Crippen LogP contribution in [0.15, 0.2) is 16.9 Å². The number of nitrogens with one attached hydrogen (secondary N) is 1. The number of anilines is 1. The van der Waals surface area contributed by atoms with Gasteiger partial charge in [0.1, 0.15) is 11.9 Å². The molecule has 1 unspecified atom stereocenters. The van der Waals surface area contributed by atoms with Crippen molar-refractivity contribution in [2.75, 3.05) is 5.73 Å². The summed E-state index contributed by atoms with van der Waals surface area (Å²) < 4.78 is 2.50. The summed E-state index contributed by atoms with van der Waals surface area (Å²) in [7, 11) is 0. The molecule has 0 amide bonds. The highest BCUT2D eigenvalue weighted by Crippen LogP contribution is 2.31. The molecule has 0 radical (unpaired) electrons. The first kappa shape index (κ1) is 12.1. The zero-order valence-electron chi connectivity index (χ0n) is 9.55. The predicted molar refractivity (Wildman–Crippen MR) is 67.4 cm³/mol. The minimum absolute atomic E-state index is 0.152. The number of nitrogens with two attached hydrogens (primary N) is 1. The van der Waals surface area contributed by atoms with Crippen molar-refractivity contribution in [3.8, 4) is 0 Å². The average molecular weight is 300 g/mol. The summed E-state index contributed by atoms with van der Waals surface area (Å²) in [6, 6.07) is 0.152. The molecule has 6 nitrogen and oxygen atoms in total. The molecule has 0 aromatic carbocycles. The van der Waals surface area contributed by atoms with Gasteiger partial charge in [0.15, 0.2) is 0 Å². The van der Waals surface area contributed by atoms with E-state index < -0.39 is 6.10 Å². The van der Waals surface area contributed by atoms with Crippen LogP contribution >= 0.6 is 15.9 Å². The number of hydrogen-bond acceptors (Lipinski definition) is 4. The van der Waals surface area contributed by atoms with Crippen molar-refractivity contribution in [1.29, 1.82) is 0 Å². The highest BCUT2D eigenvalue weighted by Gasteiger charge is 2.23. The van der Waals surface area contributed by atoms with Gasteiger partial charge < -0.3 is 10.8 Å². The van der Waals surface area contributed by atoms with Crippen LogP contribution in [-0.2, 0) is 0 Å². The number of halogens is 1. The van der Waals surface area contributed by atoms with Gasteiger partial charge >= 0.3 is 0 Å². The number of aromatic nitrogens is 4. The van der Waals surface area contributed by atoms with E-state index >= 15 is 0 Å². The van der Waals surface area contributed by atoms with Gasteiger partial charge in [-0.05, 0) is 29.8 Å². The van der Waals surface area contributed by atoms with Crippen LogP contribution in [-0.4, -0.2) is 25.1 Å². The fourth-order valence-electron chi connectivity index (χ4n) is 1.69. The maximum absolute atomic E-state index is 10.3. The zero-order chi connectivity index (χ0) is 12.6. The molecular weight excluding hydrogens is 286 g/mol. The van der Waals surface area contributed by atoms with E-state index in [1.807, 2.05) is 13.8 Å². The smallest absolute Gasteiger partial charge is 0.127 e. The molecule has 0 aliphatic rings. The summed E-state index contributed by atoms with van der Waals surface area (Å²) in [5.41, 5.74) is 6.92. The molecule has 92 valence electrons. The van der Waals surface area contributed by atoms with Crippen molar-refractivity contribution in [2.45, 2.75) is 26.0 Å². The molecule has 0 aliphatic heterocycles. The topological polar surface area (TPSA) is 92.7 Å². The molecule has 2 heterocycles. The monoisotopic (exact) mass is 299 g/mol. The van der Waals surface area contributed by atoms with Crippen molar-refractivity contribution >= 4 is 21.7 Å². The van der Waals surface area contributed by atoms with Gasteiger partial charge in [0.25, 0.3) is 0 Å². The summed E-state index contributed by atoms with van der Waals surface area (Å²) in [6.45, 7) is 3.99. The third-order valence-corrected chi connectivity index (χ3v) is 3.14. The van der Waals surface area contributed by atoms with Gasteiger partial charge in [-0.15, -0.1) is 0 Å². The molecule has 0 aliphatic carbocycles. The molecule has 0 spiro atoms. The Morgan fingerprint density at radius 3 is 2.71 bits per heavy atom. The molecule has 0 saturated heterocycles. The van der Waals surface area contributed by atoms with Gasteiger partial charge in [0, 0.05) is 11.6 Å². The third-order valence-electron chi connectivity index (χ3n) is 2.53. The summed E-state index contributed by atoms with van der Waals surface area (Å²) in [5.74, 6) is 0.362. The van der Waals surface area contributed by atoms with Crippen LogP contribution in [0.5, 0.6) is 0 Å². The highest BCUT2D eigenvalue weighted by atomic mass is 79.9. The van der Waals surface area contributed by atoms with Crippen molar-refractivity contribution in [2.24, 2.45) is 0 Å². The number of aromatic amines is 1. The Balaban J connectivity index is 2.47. The van der Waals surface area contributed by atoms with Crippen LogP contribution in [0.1, 0.15) is 37.3 Å². The second-order valence-electron chi connectivity index (χ2n) is 4.06. The maximum Gasteiger partial charge on any atom is 0.127 e. The first-order chi connectivity index (χ1) is 8.02. The summed E-state index contributed by atoms with van der Waals surface area (Å²) >= 11 is 3.38.